The van der Waals surface area contributed by atoms with Gasteiger partial charge in [-0.3, -0.25) is 0 Å². The Labute approximate surface area is 194 Å². The van der Waals surface area contributed by atoms with E-state index in [1.54, 1.807) is 24.3 Å². The highest BCUT2D eigenvalue weighted by molar-refractivity contribution is 5.65. The summed E-state index contributed by atoms with van der Waals surface area (Å²) in [5.74, 6) is -6.22. The van der Waals surface area contributed by atoms with E-state index in [1.165, 1.54) is 12.1 Å². The molecule has 0 saturated heterocycles. The quantitative estimate of drug-likeness (QED) is 0.196. The average molecular weight is 468 g/mol. The van der Waals surface area contributed by atoms with Crippen molar-refractivity contribution in [2.24, 2.45) is 0 Å². The van der Waals surface area contributed by atoms with Gasteiger partial charge in [-0.15, -0.1) is 0 Å². The molecule has 0 aliphatic rings. The lowest BCUT2D eigenvalue weighted by atomic mass is 10.0. The third-order valence-corrected chi connectivity index (χ3v) is 5.48. The fourth-order valence-corrected chi connectivity index (χ4v) is 3.69. The van der Waals surface area contributed by atoms with Gasteiger partial charge in [0.25, 0.3) is 0 Å². The van der Waals surface area contributed by atoms with Crippen molar-refractivity contribution in [3.05, 3.63) is 113 Å². The molecule has 174 valence electrons. The maximum Gasteiger partial charge on any atom is 0.194 e. The molecule has 0 N–H and O–H groups in total. The Morgan fingerprint density at radius 1 is 0.559 bits per heavy atom. The van der Waals surface area contributed by atoms with E-state index in [1.807, 2.05) is 24.3 Å². The standard InChI is InChI=1S/C28H21F5O/c1-2-3-17-4-8-19(9-5-17)22-14-25(31)28(26(32)15-22)34-16-18-6-10-20(11-7-18)21-12-23(29)27(33)24(30)13-21/h4-15H,2-3,16H2,1H3. The monoisotopic (exact) mass is 468 g/mol. The van der Waals surface area contributed by atoms with Crippen molar-refractivity contribution in [2.75, 3.05) is 0 Å². The molecular formula is C28H21F5O. The Kier molecular flexibility index (Phi) is 6.96. The van der Waals surface area contributed by atoms with Gasteiger partial charge in [0.15, 0.2) is 34.8 Å². The van der Waals surface area contributed by atoms with Gasteiger partial charge in [-0.05, 0) is 64.1 Å². The van der Waals surface area contributed by atoms with Crippen LogP contribution in [0.2, 0.25) is 0 Å². The normalized spacial score (nSPS) is 11.0. The predicted octanol–water partition coefficient (Wildman–Crippen LogP) is 8.25. The van der Waals surface area contributed by atoms with E-state index >= 15 is 0 Å². The van der Waals surface area contributed by atoms with Crippen LogP contribution in [0.25, 0.3) is 22.3 Å². The van der Waals surface area contributed by atoms with Gasteiger partial charge in [-0.1, -0.05) is 61.9 Å². The Morgan fingerprint density at radius 2 is 1.00 bits per heavy atom. The van der Waals surface area contributed by atoms with Crippen LogP contribution in [0.3, 0.4) is 0 Å². The molecule has 1 nitrogen and oxygen atoms in total. The lowest BCUT2D eigenvalue weighted by Crippen LogP contribution is -2.00. The number of hydrogen-bond donors (Lipinski definition) is 0. The van der Waals surface area contributed by atoms with Gasteiger partial charge in [0.1, 0.15) is 6.61 Å². The molecule has 0 unspecified atom stereocenters. The van der Waals surface area contributed by atoms with E-state index in [4.69, 9.17) is 4.74 Å². The minimum absolute atomic E-state index is 0.120. The zero-order valence-electron chi connectivity index (χ0n) is 18.3. The number of benzene rings is 4. The summed E-state index contributed by atoms with van der Waals surface area (Å²) in [6.07, 6.45) is 1.95. The summed E-state index contributed by atoms with van der Waals surface area (Å²) in [5, 5.41) is 0. The molecule has 0 aliphatic carbocycles. The highest BCUT2D eigenvalue weighted by atomic mass is 19.2. The molecule has 0 spiro atoms. The van der Waals surface area contributed by atoms with Crippen LogP contribution in [0.15, 0.2) is 72.8 Å². The molecule has 4 aromatic rings. The fourth-order valence-electron chi connectivity index (χ4n) is 3.69. The molecule has 0 heterocycles. The Hall–Kier alpha value is -3.67. The molecule has 0 fully saturated rings. The summed E-state index contributed by atoms with van der Waals surface area (Å²) in [7, 11) is 0. The van der Waals surface area contributed by atoms with E-state index in [0.717, 1.165) is 30.5 Å². The van der Waals surface area contributed by atoms with E-state index in [0.29, 0.717) is 22.3 Å². The van der Waals surface area contributed by atoms with E-state index < -0.39 is 34.8 Å². The lowest BCUT2D eigenvalue weighted by molar-refractivity contribution is 0.274. The topological polar surface area (TPSA) is 9.23 Å². The number of aryl methyl sites for hydroxylation is 1. The number of ether oxygens (including phenoxy) is 1. The van der Waals surface area contributed by atoms with E-state index in [-0.39, 0.29) is 12.2 Å². The predicted molar refractivity (Wildman–Crippen MR) is 122 cm³/mol. The molecule has 0 radical (unpaired) electrons. The molecule has 4 rings (SSSR count). The van der Waals surface area contributed by atoms with Crippen molar-refractivity contribution in [3.63, 3.8) is 0 Å². The van der Waals surface area contributed by atoms with Gasteiger partial charge >= 0.3 is 0 Å². The molecule has 6 heteroatoms. The Bertz CT molecular complexity index is 1250. The van der Waals surface area contributed by atoms with Crippen molar-refractivity contribution >= 4 is 0 Å². The van der Waals surface area contributed by atoms with Crippen LogP contribution in [0, 0.1) is 29.1 Å². The molecular weight excluding hydrogens is 447 g/mol. The third-order valence-electron chi connectivity index (χ3n) is 5.48. The number of hydrogen-bond acceptors (Lipinski definition) is 1. The van der Waals surface area contributed by atoms with Crippen molar-refractivity contribution in [3.8, 4) is 28.0 Å². The minimum Gasteiger partial charge on any atom is -0.483 e. The van der Waals surface area contributed by atoms with Crippen molar-refractivity contribution in [2.45, 2.75) is 26.4 Å². The molecule has 4 aromatic carbocycles. The summed E-state index contributed by atoms with van der Waals surface area (Å²) in [6.45, 7) is 1.96. The zero-order valence-corrected chi connectivity index (χ0v) is 18.3. The third kappa shape index (κ3) is 5.11. The second-order valence-electron chi connectivity index (χ2n) is 7.96. The molecule has 0 amide bonds. The second-order valence-corrected chi connectivity index (χ2v) is 7.96. The largest absolute Gasteiger partial charge is 0.483 e. The first-order chi connectivity index (χ1) is 16.4. The second kappa shape index (κ2) is 10.1. The van der Waals surface area contributed by atoms with Crippen LogP contribution in [0.5, 0.6) is 5.75 Å². The molecule has 0 aliphatic heterocycles. The smallest absolute Gasteiger partial charge is 0.194 e. The molecule has 34 heavy (non-hydrogen) atoms. The Balaban J connectivity index is 1.47. The summed E-state index contributed by atoms with van der Waals surface area (Å²) in [5.41, 5.74) is 3.48. The van der Waals surface area contributed by atoms with Gasteiger partial charge in [-0.25, -0.2) is 22.0 Å². The van der Waals surface area contributed by atoms with Crippen LogP contribution < -0.4 is 4.74 Å². The van der Waals surface area contributed by atoms with Crippen LogP contribution in [0.4, 0.5) is 22.0 Å². The summed E-state index contributed by atoms with van der Waals surface area (Å²) < 4.78 is 74.7. The first-order valence-corrected chi connectivity index (χ1v) is 10.8. The van der Waals surface area contributed by atoms with Gasteiger partial charge in [-0.2, -0.15) is 0 Å². The summed E-state index contributed by atoms with van der Waals surface area (Å²) in [6, 6.07) is 18.1. The van der Waals surface area contributed by atoms with Crippen LogP contribution in [0.1, 0.15) is 24.5 Å². The summed E-state index contributed by atoms with van der Waals surface area (Å²) >= 11 is 0. The Morgan fingerprint density at radius 3 is 1.47 bits per heavy atom. The fraction of sp³-hybridized carbons (Fsp3) is 0.143. The van der Waals surface area contributed by atoms with Gasteiger partial charge in [0.05, 0.1) is 0 Å². The van der Waals surface area contributed by atoms with Crippen molar-refractivity contribution < 1.29 is 26.7 Å². The van der Waals surface area contributed by atoms with Crippen molar-refractivity contribution in [1.82, 2.24) is 0 Å². The van der Waals surface area contributed by atoms with Crippen LogP contribution >= 0.6 is 0 Å². The molecule has 0 atom stereocenters. The van der Waals surface area contributed by atoms with Crippen LogP contribution in [-0.2, 0) is 13.0 Å². The van der Waals surface area contributed by atoms with E-state index in [9.17, 15) is 22.0 Å². The SMILES string of the molecule is CCCc1ccc(-c2cc(F)c(OCc3ccc(-c4cc(F)c(F)c(F)c4)cc3)c(F)c2)cc1. The van der Waals surface area contributed by atoms with Gasteiger partial charge < -0.3 is 4.74 Å². The van der Waals surface area contributed by atoms with Crippen molar-refractivity contribution in [1.29, 1.82) is 0 Å². The molecule has 0 bridgehead atoms. The number of rotatable bonds is 7. The summed E-state index contributed by atoms with van der Waals surface area (Å²) in [4.78, 5) is 0. The maximum absolute atomic E-state index is 14.6. The highest BCUT2D eigenvalue weighted by Crippen LogP contribution is 2.30. The van der Waals surface area contributed by atoms with E-state index in [2.05, 4.69) is 6.92 Å². The zero-order chi connectivity index (χ0) is 24.2. The first-order valence-electron chi connectivity index (χ1n) is 10.8. The number of halogens is 5. The minimum atomic E-state index is -1.53. The first kappa shape index (κ1) is 23.5. The lowest BCUT2D eigenvalue weighted by Gasteiger charge is -2.11. The van der Waals surface area contributed by atoms with Gasteiger partial charge in [0, 0.05) is 0 Å². The maximum atomic E-state index is 14.6. The molecule has 0 saturated carbocycles. The van der Waals surface area contributed by atoms with Gasteiger partial charge in [0.2, 0.25) is 0 Å². The average Bonchev–Trinajstić information content (AvgIpc) is 2.82. The van der Waals surface area contributed by atoms with Crippen LogP contribution in [-0.4, -0.2) is 0 Å². The highest BCUT2D eigenvalue weighted by Gasteiger charge is 2.15. The molecule has 0 aromatic heterocycles.